The van der Waals surface area contributed by atoms with Gasteiger partial charge in [0.2, 0.25) is 5.75 Å². The molecule has 4 rings (SSSR count). The summed E-state index contributed by atoms with van der Waals surface area (Å²) in [7, 11) is -1.19. The first-order valence-electron chi connectivity index (χ1n) is 10.7. The number of hydrogen-bond acceptors (Lipinski definition) is 6. The number of H-pyrrole nitrogens is 1. The number of phenols is 1. The van der Waals surface area contributed by atoms with Crippen molar-refractivity contribution >= 4 is 7.60 Å². The van der Waals surface area contributed by atoms with E-state index in [0.717, 1.165) is 22.5 Å². The minimum Gasteiger partial charge on any atom is -0.502 e. The number of benzene rings is 3. The van der Waals surface area contributed by atoms with Gasteiger partial charge in [0.25, 0.3) is 0 Å². The molecule has 0 saturated heterocycles. The molecule has 0 unspecified atom stereocenters. The molecule has 35 heavy (non-hydrogen) atoms. The quantitative estimate of drug-likeness (QED) is 0.245. The monoisotopic (exact) mass is 496 g/mol. The van der Waals surface area contributed by atoms with Gasteiger partial charge < -0.3 is 34.1 Å². The number of hydrogen-bond donors (Lipinski definition) is 4. The number of aromatic amines is 1. The highest BCUT2D eigenvalue weighted by molar-refractivity contribution is 7.51. The van der Waals surface area contributed by atoms with Gasteiger partial charge in [-0.1, -0.05) is 30.3 Å². The van der Waals surface area contributed by atoms with Gasteiger partial charge in [0.05, 0.1) is 38.4 Å². The Kier molecular flexibility index (Phi) is 7.12. The SMILES string of the molecule is COc1cc(-c2nc(-c3ccccc3)c(-c3ccc(OCCP(=O)(O)O)cc3)[nH]2)cc(OC)c1O. The second-order valence-corrected chi connectivity index (χ2v) is 9.44. The minimum atomic E-state index is -4.11. The third-order valence-electron chi connectivity index (χ3n) is 5.30. The maximum absolute atomic E-state index is 11.0. The van der Waals surface area contributed by atoms with Crippen LogP contribution in [0.5, 0.6) is 23.0 Å². The smallest absolute Gasteiger partial charge is 0.328 e. The van der Waals surface area contributed by atoms with Crippen LogP contribution in [0.15, 0.2) is 66.7 Å². The summed E-state index contributed by atoms with van der Waals surface area (Å²) in [6, 6.07) is 20.2. The second kappa shape index (κ2) is 10.2. The fraction of sp³-hybridized carbons (Fsp3) is 0.160. The Bertz CT molecular complexity index is 1320. The number of aromatic nitrogens is 2. The number of nitrogens with zero attached hydrogens (tertiary/aromatic N) is 1. The molecule has 1 aromatic heterocycles. The van der Waals surface area contributed by atoms with Crippen LogP contribution in [0.4, 0.5) is 0 Å². The van der Waals surface area contributed by atoms with Crippen molar-refractivity contribution in [3.63, 3.8) is 0 Å². The summed E-state index contributed by atoms with van der Waals surface area (Å²) < 4.78 is 27.1. The minimum absolute atomic E-state index is 0.0857. The van der Waals surface area contributed by atoms with Gasteiger partial charge in [0.1, 0.15) is 11.6 Å². The van der Waals surface area contributed by atoms with Crippen molar-refractivity contribution < 1.29 is 33.7 Å². The van der Waals surface area contributed by atoms with E-state index in [-0.39, 0.29) is 30.0 Å². The second-order valence-electron chi connectivity index (χ2n) is 7.67. The highest BCUT2D eigenvalue weighted by Crippen LogP contribution is 2.41. The van der Waals surface area contributed by atoms with E-state index in [4.69, 9.17) is 29.0 Å². The number of aromatic hydroxyl groups is 1. The number of ether oxygens (including phenoxy) is 3. The van der Waals surface area contributed by atoms with Gasteiger partial charge in [0, 0.05) is 16.7 Å². The molecular formula is C25H25N2O7P. The molecule has 0 aliphatic rings. The first kappa shape index (κ1) is 24.3. The van der Waals surface area contributed by atoms with Crippen LogP contribution in [0.2, 0.25) is 0 Å². The van der Waals surface area contributed by atoms with Crippen LogP contribution in [0, 0.1) is 0 Å². The summed E-state index contributed by atoms with van der Waals surface area (Å²) >= 11 is 0. The Morgan fingerprint density at radius 1 is 0.886 bits per heavy atom. The molecule has 182 valence electrons. The van der Waals surface area contributed by atoms with Gasteiger partial charge in [-0.05, 0) is 36.4 Å². The zero-order valence-corrected chi connectivity index (χ0v) is 20.0. The molecule has 4 N–H and O–H groups in total. The number of imidazole rings is 1. The van der Waals surface area contributed by atoms with E-state index in [1.165, 1.54) is 14.2 Å². The summed E-state index contributed by atoms with van der Waals surface area (Å²) in [5.74, 6) is 1.47. The van der Waals surface area contributed by atoms with Crippen LogP contribution in [0.3, 0.4) is 0 Å². The van der Waals surface area contributed by atoms with E-state index in [1.54, 1.807) is 24.3 Å². The van der Waals surface area contributed by atoms with Crippen LogP contribution >= 0.6 is 7.60 Å². The fourth-order valence-electron chi connectivity index (χ4n) is 3.55. The lowest BCUT2D eigenvalue weighted by Gasteiger charge is -2.10. The van der Waals surface area contributed by atoms with Crippen LogP contribution in [0.1, 0.15) is 0 Å². The molecule has 0 radical (unpaired) electrons. The van der Waals surface area contributed by atoms with Gasteiger partial charge >= 0.3 is 7.60 Å². The molecule has 0 spiro atoms. The normalized spacial score (nSPS) is 11.3. The maximum Gasteiger partial charge on any atom is 0.328 e. The van der Waals surface area contributed by atoms with E-state index >= 15 is 0 Å². The molecule has 0 bridgehead atoms. The lowest BCUT2D eigenvalue weighted by Crippen LogP contribution is -2.03. The summed E-state index contributed by atoms with van der Waals surface area (Å²) in [5, 5.41) is 10.3. The van der Waals surface area contributed by atoms with Gasteiger partial charge in [-0.15, -0.1) is 0 Å². The van der Waals surface area contributed by atoms with Crippen LogP contribution in [-0.4, -0.2) is 51.8 Å². The number of nitrogens with one attached hydrogen (secondary N) is 1. The van der Waals surface area contributed by atoms with E-state index in [0.29, 0.717) is 17.1 Å². The van der Waals surface area contributed by atoms with Crippen molar-refractivity contribution in [3.05, 3.63) is 66.7 Å². The zero-order chi connectivity index (χ0) is 25.0. The van der Waals surface area contributed by atoms with Crippen molar-refractivity contribution in [1.29, 1.82) is 0 Å². The molecule has 0 amide bonds. The topological polar surface area (TPSA) is 134 Å². The van der Waals surface area contributed by atoms with Crippen LogP contribution in [-0.2, 0) is 4.57 Å². The van der Waals surface area contributed by atoms with Crippen LogP contribution < -0.4 is 14.2 Å². The average Bonchev–Trinajstić information content (AvgIpc) is 3.30. The van der Waals surface area contributed by atoms with E-state index in [2.05, 4.69) is 4.98 Å². The van der Waals surface area contributed by atoms with Gasteiger partial charge in [-0.2, -0.15) is 0 Å². The summed E-state index contributed by atoms with van der Waals surface area (Å²) in [5.41, 5.74) is 3.89. The summed E-state index contributed by atoms with van der Waals surface area (Å²) in [6.07, 6.45) is -0.351. The highest BCUT2D eigenvalue weighted by atomic mass is 31.2. The molecular weight excluding hydrogens is 471 g/mol. The van der Waals surface area contributed by atoms with Gasteiger partial charge in [0.15, 0.2) is 11.5 Å². The lowest BCUT2D eigenvalue weighted by molar-refractivity contribution is 0.316. The molecule has 10 heteroatoms. The predicted octanol–water partition coefficient (Wildman–Crippen LogP) is 4.69. The summed E-state index contributed by atoms with van der Waals surface area (Å²) in [6.45, 7) is -0.0857. The zero-order valence-electron chi connectivity index (χ0n) is 19.1. The number of rotatable bonds is 9. The average molecular weight is 496 g/mol. The Morgan fingerprint density at radius 3 is 2.09 bits per heavy atom. The highest BCUT2D eigenvalue weighted by Gasteiger charge is 2.19. The Morgan fingerprint density at radius 2 is 1.51 bits per heavy atom. The fourth-order valence-corrected chi connectivity index (χ4v) is 3.88. The third kappa shape index (κ3) is 5.66. The Balaban J connectivity index is 1.73. The predicted molar refractivity (Wildman–Crippen MR) is 132 cm³/mol. The Labute approximate surface area is 202 Å². The molecule has 0 fully saturated rings. The molecule has 0 atom stereocenters. The molecule has 0 aliphatic heterocycles. The van der Waals surface area contributed by atoms with Gasteiger partial charge in [-0.3, -0.25) is 4.57 Å². The third-order valence-corrected chi connectivity index (χ3v) is 6.06. The Hall–Kier alpha value is -3.78. The van der Waals surface area contributed by atoms with Gasteiger partial charge in [-0.25, -0.2) is 4.98 Å². The molecule has 4 aromatic rings. The number of phenolic OH excluding ortho intramolecular Hbond substituents is 1. The van der Waals surface area contributed by atoms with Crippen molar-refractivity contribution in [2.45, 2.75) is 0 Å². The molecule has 0 saturated carbocycles. The maximum atomic E-state index is 11.0. The van der Waals surface area contributed by atoms with E-state index in [1.807, 2.05) is 42.5 Å². The van der Waals surface area contributed by atoms with Crippen molar-refractivity contribution in [1.82, 2.24) is 9.97 Å². The standard InChI is InChI=1S/C25H25N2O7P/c1-32-20-14-18(15-21(33-2)24(20)28)25-26-22(16-6-4-3-5-7-16)23(27-25)17-8-10-19(11-9-17)34-12-13-35(29,30)31/h3-11,14-15,28H,12-13H2,1-2H3,(H,26,27)(H2,29,30,31). The first-order chi connectivity index (χ1) is 16.8. The molecule has 0 aliphatic carbocycles. The van der Waals surface area contributed by atoms with Crippen molar-refractivity contribution in [3.8, 4) is 56.9 Å². The molecule has 9 nitrogen and oxygen atoms in total. The summed E-state index contributed by atoms with van der Waals surface area (Å²) in [4.78, 5) is 26.2. The van der Waals surface area contributed by atoms with E-state index in [9.17, 15) is 9.67 Å². The first-order valence-corrected chi connectivity index (χ1v) is 12.5. The molecule has 1 heterocycles. The van der Waals surface area contributed by atoms with Crippen molar-refractivity contribution in [2.75, 3.05) is 27.0 Å². The molecule has 3 aromatic carbocycles. The number of methoxy groups -OCH3 is 2. The van der Waals surface area contributed by atoms with Crippen LogP contribution in [0.25, 0.3) is 33.9 Å². The lowest BCUT2D eigenvalue weighted by atomic mass is 10.1. The van der Waals surface area contributed by atoms with Crippen molar-refractivity contribution in [2.24, 2.45) is 0 Å². The van der Waals surface area contributed by atoms with E-state index < -0.39 is 7.60 Å². The largest absolute Gasteiger partial charge is 0.502 e.